The van der Waals surface area contributed by atoms with E-state index in [4.69, 9.17) is 0 Å². The molecule has 1 atom stereocenters. The van der Waals surface area contributed by atoms with Crippen LogP contribution in [0.3, 0.4) is 0 Å². The van der Waals surface area contributed by atoms with Gasteiger partial charge in [-0.15, -0.1) is 0 Å². The fourth-order valence-electron chi connectivity index (χ4n) is 3.30. The zero-order chi connectivity index (χ0) is 16.4. The largest absolute Gasteiger partial charge is 0.369 e. The minimum absolute atomic E-state index is 0.855. The molecule has 1 saturated heterocycles. The highest BCUT2D eigenvalue weighted by atomic mass is 32.2. The van der Waals surface area contributed by atoms with E-state index < -0.39 is 10.8 Å². The summed E-state index contributed by atoms with van der Waals surface area (Å²) in [5.41, 5.74) is 4.95. The monoisotopic (exact) mass is 339 g/mol. The summed E-state index contributed by atoms with van der Waals surface area (Å²) in [5, 5.41) is 0. The summed E-state index contributed by atoms with van der Waals surface area (Å²) in [6.45, 7) is 5.39. The summed E-state index contributed by atoms with van der Waals surface area (Å²) in [6.07, 6.45) is 0.996. The average Bonchev–Trinajstić information content (AvgIpc) is 3.02. The van der Waals surface area contributed by atoms with Gasteiger partial charge in [0.25, 0.3) is 0 Å². The predicted molar refractivity (Wildman–Crippen MR) is 99.8 cm³/mol. The second-order valence-corrected chi connectivity index (χ2v) is 7.49. The zero-order valence-electron chi connectivity index (χ0n) is 13.6. The molecule has 4 nitrogen and oxygen atoms in total. The van der Waals surface area contributed by atoms with E-state index in [9.17, 15) is 4.21 Å². The molecule has 1 unspecified atom stereocenters. The summed E-state index contributed by atoms with van der Waals surface area (Å²) in [4.78, 5) is 9.99. The van der Waals surface area contributed by atoms with E-state index in [1.165, 1.54) is 16.8 Å². The van der Waals surface area contributed by atoms with Crippen molar-refractivity contribution in [1.29, 1.82) is 0 Å². The van der Waals surface area contributed by atoms with Crippen LogP contribution < -0.4 is 4.90 Å². The van der Waals surface area contributed by atoms with Crippen molar-refractivity contribution in [3.05, 3.63) is 54.1 Å². The molecule has 2 heterocycles. The van der Waals surface area contributed by atoms with Crippen LogP contribution in [0.25, 0.3) is 0 Å². The Hall–Kier alpha value is -1.98. The molecule has 2 aromatic rings. The van der Waals surface area contributed by atoms with Gasteiger partial charge in [-0.1, -0.05) is 24.3 Å². The van der Waals surface area contributed by atoms with Gasteiger partial charge in [-0.2, -0.15) is 0 Å². The Morgan fingerprint density at radius 2 is 1.79 bits per heavy atom. The van der Waals surface area contributed by atoms with Crippen LogP contribution in [0, 0.1) is 0 Å². The van der Waals surface area contributed by atoms with Gasteiger partial charge in [0.2, 0.25) is 0 Å². The SMILES string of the molecule is O=S1C=Nc2ccc(CCN3CCN(c4ccccc4)CC3)cc21. The van der Waals surface area contributed by atoms with Crippen molar-refractivity contribution in [1.82, 2.24) is 4.90 Å². The summed E-state index contributed by atoms with van der Waals surface area (Å²) < 4.78 is 11.8. The zero-order valence-corrected chi connectivity index (χ0v) is 14.4. The molecule has 2 aromatic carbocycles. The first-order chi connectivity index (χ1) is 11.8. The van der Waals surface area contributed by atoms with E-state index in [0.717, 1.165) is 49.7 Å². The van der Waals surface area contributed by atoms with Crippen LogP contribution in [0.15, 0.2) is 58.4 Å². The molecule has 24 heavy (non-hydrogen) atoms. The van der Waals surface area contributed by atoms with Crippen LogP contribution in [0.5, 0.6) is 0 Å². The molecule has 0 N–H and O–H groups in total. The van der Waals surface area contributed by atoms with Crippen molar-refractivity contribution in [2.45, 2.75) is 11.3 Å². The lowest BCUT2D eigenvalue weighted by Crippen LogP contribution is -2.46. The molecule has 0 aliphatic carbocycles. The molecule has 0 bridgehead atoms. The van der Waals surface area contributed by atoms with E-state index in [2.05, 4.69) is 57.3 Å². The molecule has 5 heteroatoms. The minimum atomic E-state index is -1.05. The third kappa shape index (κ3) is 3.28. The first-order valence-electron chi connectivity index (χ1n) is 8.40. The average molecular weight is 339 g/mol. The number of rotatable bonds is 4. The Bertz CT molecular complexity index is 767. The molecule has 2 aliphatic rings. The number of hydrogen-bond acceptors (Lipinski definition) is 4. The Morgan fingerprint density at radius 3 is 2.58 bits per heavy atom. The number of piperazine rings is 1. The topological polar surface area (TPSA) is 35.9 Å². The van der Waals surface area contributed by atoms with Gasteiger partial charge in [-0.05, 0) is 36.2 Å². The van der Waals surface area contributed by atoms with Crippen LogP contribution in [0.2, 0.25) is 0 Å². The fraction of sp³-hybridized carbons (Fsp3) is 0.316. The van der Waals surface area contributed by atoms with E-state index in [0.29, 0.717) is 0 Å². The molecular formula is C19H21N3OS. The van der Waals surface area contributed by atoms with Crippen LogP contribution in [-0.2, 0) is 17.2 Å². The number of aliphatic imine (C=N–C) groups is 1. The molecule has 1 fully saturated rings. The lowest BCUT2D eigenvalue weighted by atomic mass is 10.1. The van der Waals surface area contributed by atoms with Gasteiger partial charge in [0.15, 0.2) is 0 Å². The molecule has 4 rings (SSSR count). The van der Waals surface area contributed by atoms with Crippen molar-refractivity contribution in [3.63, 3.8) is 0 Å². The predicted octanol–water partition coefficient (Wildman–Crippen LogP) is 2.83. The van der Waals surface area contributed by atoms with Crippen LogP contribution in [-0.4, -0.2) is 47.4 Å². The fourth-order valence-corrected chi connectivity index (χ4v) is 4.22. The molecule has 0 aromatic heterocycles. The summed E-state index contributed by atoms with van der Waals surface area (Å²) in [7, 11) is -1.05. The maximum atomic E-state index is 11.8. The Morgan fingerprint density at radius 1 is 1.00 bits per heavy atom. The smallest absolute Gasteiger partial charge is 0.0984 e. The summed E-state index contributed by atoms with van der Waals surface area (Å²) in [6, 6.07) is 16.8. The highest BCUT2D eigenvalue weighted by Gasteiger charge is 2.18. The van der Waals surface area contributed by atoms with Crippen molar-refractivity contribution >= 4 is 27.7 Å². The number of anilines is 1. The summed E-state index contributed by atoms with van der Waals surface area (Å²) >= 11 is 0. The van der Waals surface area contributed by atoms with E-state index in [-0.39, 0.29) is 0 Å². The van der Waals surface area contributed by atoms with Gasteiger partial charge in [0, 0.05) is 38.4 Å². The first-order valence-corrected chi connectivity index (χ1v) is 9.61. The summed E-state index contributed by atoms with van der Waals surface area (Å²) in [5.74, 6) is 0. The highest BCUT2D eigenvalue weighted by Crippen LogP contribution is 2.28. The van der Waals surface area contributed by atoms with Gasteiger partial charge in [0.1, 0.15) is 0 Å². The van der Waals surface area contributed by atoms with E-state index in [1.807, 2.05) is 6.07 Å². The normalized spacial score (nSPS) is 20.3. The number of benzene rings is 2. The number of fused-ring (bicyclic) bond motifs is 1. The number of hydrogen-bond donors (Lipinski definition) is 0. The van der Waals surface area contributed by atoms with Gasteiger partial charge >= 0.3 is 0 Å². The Kier molecular flexibility index (Phi) is 4.45. The van der Waals surface area contributed by atoms with Crippen molar-refractivity contribution in [2.75, 3.05) is 37.6 Å². The Balaban J connectivity index is 1.31. The second-order valence-electron chi connectivity index (χ2n) is 6.25. The minimum Gasteiger partial charge on any atom is -0.369 e. The van der Waals surface area contributed by atoms with Gasteiger partial charge in [-0.3, -0.25) is 4.90 Å². The second kappa shape index (κ2) is 6.87. The van der Waals surface area contributed by atoms with Crippen LogP contribution in [0.4, 0.5) is 11.4 Å². The molecule has 2 aliphatic heterocycles. The molecular weight excluding hydrogens is 318 g/mol. The van der Waals surface area contributed by atoms with Crippen molar-refractivity contribution in [2.24, 2.45) is 4.99 Å². The van der Waals surface area contributed by atoms with Crippen molar-refractivity contribution in [3.8, 4) is 0 Å². The maximum absolute atomic E-state index is 11.8. The number of nitrogens with zero attached hydrogens (tertiary/aromatic N) is 3. The molecule has 124 valence electrons. The van der Waals surface area contributed by atoms with Gasteiger partial charge in [0.05, 0.1) is 26.9 Å². The van der Waals surface area contributed by atoms with Crippen LogP contribution >= 0.6 is 0 Å². The van der Waals surface area contributed by atoms with E-state index >= 15 is 0 Å². The first kappa shape index (κ1) is 15.5. The lowest BCUT2D eigenvalue weighted by Gasteiger charge is -2.36. The standard InChI is InChI=1S/C19H21N3OS/c23-24-15-20-18-7-6-16(14-19(18)24)8-9-21-10-12-22(13-11-21)17-4-2-1-3-5-17/h1-7,14-15H,8-13H2. The maximum Gasteiger partial charge on any atom is 0.0984 e. The third-order valence-electron chi connectivity index (χ3n) is 4.74. The molecule has 0 spiro atoms. The highest BCUT2D eigenvalue weighted by molar-refractivity contribution is 7.99. The van der Waals surface area contributed by atoms with Crippen LogP contribution in [0.1, 0.15) is 5.56 Å². The number of para-hydroxylation sites is 1. The molecule has 0 amide bonds. The van der Waals surface area contributed by atoms with Gasteiger partial charge in [-0.25, -0.2) is 9.20 Å². The lowest BCUT2D eigenvalue weighted by molar-refractivity contribution is 0.261. The third-order valence-corrected chi connectivity index (χ3v) is 5.80. The molecule has 0 saturated carbocycles. The quantitative estimate of drug-likeness (QED) is 0.859. The van der Waals surface area contributed by atoms with Crippen molar-refractivity contribution < 1.29 is 4.21 Å². The van der Waals surface area contributed by atoms with Gasteiger partial charge < -0.3 is 4.90 Å². The van der Waals surface area contributed by atoms with E-state index in [1.54, 1.807) is 0 Å². The molecule has 0 radical (unpaired) electrons. The Labute approximate surface area is 145 Å².